The second-order valence-corrected chi connectivity index (χ2v) is 7.23. The lowest BCUT2D eigenvalue weighted by atomic mass is 10.1. The first kappa shape index (κ1) is 19.2. The van der Waals surface area contributed by atoms with Crippen molar-refractivity contribution in [3.63, 3.8) is 0 Å². The average Bonchev–Trinajstić information content (AvgIpc) is 2.66. The van der Waals surface area contributed by atoms with Gasteiger partial charge in [0.25, 0.3) is 0 Å². The Bertz CT molecular complexity index is 817. The predicted molar refractivity (Wildman–Crippen MR) is 108 cm³/mol. The second kappa shape index (κ2) is 8.91. The Labute approximate surface area is 164 Å². The highest BCUT2D eigenvalue weighted by Crippen LogP contribution is 2.20. The minimum absolute atomic E-state index is 0.108. The van der Waals surface area contributed by atoms with Gasteiger partial charge >= 0.3 is 0 Å². The molecule has 3 rings (SSSR count). The van der Waals surface area contributed by atoms with Gasteiger partial charge in [-0.2, -0.15) is 0 Å². The highest BCUT2D eigenvalue weighted by atomic mass is 35.5. The van der Waals surface area contributed by atoms with E-state index in [1.165, 1.54) is 0 Å². The van der Waals surface area contributed by atoms with Crippen molar-refractivity contribution in [2.75, 3.05) is 31.1 Å². The van der Waals surface area contributed by atoms with Crippen LogP contribution in [0.3, 0.4) is 0 Å². The normalized spacial score (nSPS) is 14.1. The molecule has 27 heavy (non-hydrogen) atoms. The van der Waals surface area contributed by atoms with Gasteiger partial charge in [0.15, 0.2) is 0 Å². The number of carbonyl (C=O) groups excluding carboxylic acids is 2. The lowest BCUT2D eigenvalue weighted by molar-refractivity contribution is -0.136. The maximum absolute atomic E-state index is 12.4. The molecular weight excluding hydrogens is 362 g/mol. The standard InChI is InChI=1S/C21H24ClN3O2/c1-16-4-2-5-17(12-16)15-23-20(26)14-21(27)25-10-8-24(9-11-25)19-7-3-6-18(22)13-19/h2-7,12-13H,8-11,14-15H2,1H3,(H,23,26). The molecule has 142 valence electrons. The Morgan fingerprint density at radius 3 is 2.48 bits per heavy atom. The van der Waals surface area contributed by atoms with Crippen LogP contribution in [0.5, 0.6) is 0 Å². The first-order valence-electron chi connectivity index (χ1n) is 9.12. The lowest BCUT2D eigenvalue weighted by Crippen LogP contribution is -2.49. The molecule has 0 unspecified atom stereocenters. The van der Waals surface area contributed by atoms with E-state index in [0.717, 1.165) is 29.9 Å². The molecule has 0 radical (unpaired) electrons. The fraction of sp³-hybridized carbons (Fsp3) is 0.333. The topological polar surface area (TPSA) is 52.7 Å². The molecule has 1 aliphatic heterocycles. The van der Waals surface area contributed by atoms with Gasteiger partial charge in [-0.1, -0.05) is 47.5 Å². The highest BCUT2D eigenvalue weighted by molar-refractivity contribution is 6.30. The minimum atomic E-state index is -0.237. The van der Waals surface area contributed by atoms with Crippen LogP contribution in [0.25, 0.3) is 0 Å². The maximum atomic E-state index is 12.4. The molecule has 2 aromatic rings. The van der Waals surface area contributed by atoms with Gasteiger partial charge in [-0.25, -0.2) is 0 Å². The largest absolute Gasteiger partial charge is 0.368 e. The maximum Gasteiger partial charge on any atom is 0.232 e. The molecular formula is C21H24ClN3O2. The van der Waals surface area contributed by atoms with E-state index in [9.17, 15) is 9.59 Å². The molecule has 1 N–H and O–H groups in total. The summed E-state index contributed by atoms with van der Waals surface area (Å²) in [4.78, 5) is 28.4. The second-order valence-electron chi connectivity index (χ2n) is 6.79. The van der Waals surface area contributed by atoms with Gasteiger partial charge in [-0.3, -0.25) is 9.59 Å². The Kier molecular flexibility index (Phi) is 6.35. The van der Waals surface area contributed by atoms with Crippen molar-refractivity contribution in [2.45, 2.75) is 19.9 Å². The van der Waals surface area contributed by atoms with Crippen molar-refractivity contribution in [3.05, 3.63) is 64.7 Å². The summed E-state index contributed by atoms with van der Waals surface area (Å²) in [6.45, 7) is 5.13. The SMILES string of the molecule is Cc1cccc(CNC(=O)CC(=O)N2CCN(c3cccc(Cl)c3)CC2)c1. The number of amides is 2. The summed E-state index contributed by atoms with van der Waals surface area (Å²) in [5.74, 6) is -0.360. The molecule has 1 saturated heterocycles. The number of carbonyl (C=O) groups is 2. The third kappa shape index (κ3) is 5.47. The average molecular weight is 386 g/mol. The van der Waals surface area contributed by atoms with Crippen molar-refractivity contribution in [2.24, 2.45) is 0 Å². The lowest BCUT2D eigenvalue weighted by Gasteiger charge is -2.36. The number of anilines is 1. The molecule has 1 heterocycles. The van der Waals surface area contributed by atoms with Gasteiger partial charge in [-0.05, 0) is 30.7 Å². The van der Waals surface area contributed by atoms with E-state index in [1.807, 2.05) is 55.5 Å². The predicted octanol–water partition coefficient (Wildman–Crippen LogP) is 3.00. The van der Waals surface area contributed by atoms with Crippen LogP contribution in [-0.4, -0.2) is 42.9 Å². The number of nitrogens with one attached hydrogen (secondary N) is 1. The Hall–Kier alpha value is -2.53. The van der Waals surface area contributed by atoms with Crippen LogP contribution in [0.15, 0.2) is 48.5 Å². The highest BCUT2D eigenvalue weighted by Gasteiger charge is 2.23. The fourth-order valence-electron chi connectivity index (χ4n) is 3.22. The number of nitrogens with zero attached hydrogens (tertiary/aromatic N) is 2. The summed E-state index contributed by atoms with van der Waals surface area (Å²) < 4.78 is 0. The van der Waals surface area contributed by atoms with Crippen LogP contribution in [-0.2, 0) is 16.1 Å². The number of benzene rings is 2. The van der Waals surface area contributed by atoms with E-state index in [0.29, 0.717) is 24.7 Å². The third-order valence-electron chi connectivity index (χ3n) is 4.69. The molecule has 1 fully saturated rings. The number of hydrogen-bond acceptors (Lipinski definition) is 3. The van der Waals surface area contributed by atoms with E-state index in [2.05, 4.69) is 10.2 Å². The number of rotatable bonds is 5. The fourth-order valence-corrected chi connectivity index (χ4v) is 3.41. The third-order valence-corrected chi connectivity index (χ3v) is 4.92. The van der Waals surface area contributed by atoms with Crippen LogP contribution >= 0.6 is 11.6 Å². The van der Waals surface area contributed by atoms with Crippen LogP contribution in [0, 0.1) is 6.92 Å². The molecule has 0 saturated carbocycles. The van der Waals surface area contributed by atoms with E-state index in [1.54, 1.807) is 4.90 Å². The smallest absolute Gasteiger partial charge is 0.232 e. The van der Waals surface area contributed by atoms with Gasteiger partial charge in [0, 0.05) is 43.4 Å². The van der Waals surface area contributed by atoms with Gasteiger partial charge in [-0.15, -0.1) is 0 Å². The number of aryl methyl sites for hydroxylation is 1. The van der Waals surface area contributed by atoms with E-state index < -0.39 is 0 Å². The minimum Gasteiger partial charge on any atom is -0.368 e. The Morgan fingerprint density at radius 2 is 1.78 bits per heavy atom. The summed E-state index contributed by atoms with van der Waals surface area (Å²) in [5, 5.41) is 3.53. The van der Waals surface area contributed by atoms with E-state index in [4.69, 9.17) is 11.6 Å². The summed E-state index contributed by atoms with van der Waals surface area (Å²) >= 11 is 6.05. The molecule has 2 aromatic carbocycles. The summed E-state index contributed by atoms with van der Waals surface area (Å²) in [6, 6.07) is 15.7. The van der Waals surface area contributed by atoms with Gasteiger partial charge < -0.3 is 15.1 Å². The van der Waals surface area contributed by atoms with Crippen molar-refractivity contribution in [3.8, 4) is 0 Å². The zero-order chi connectivity index (χ0) is 19.2. The monoisotopic (exact) mass is 385 g/mol. The van der Waals surface area contributed by atoms with E-state index >= 15 is 0 Å². The zero-order valence-corrected chi connectivity index (χ0v) is 16.2. The van der Waals surface area contributed by atoms with Crippen LogP contribution < -0.4 is 10.2 Å². The number of hydrogen-bond donors (Lipinski definition) is 1. The van der Waals surface area contributed by atoms with Crippen molar-refractivity contribution in [1.29, 1.82) is 0 Å². The molecule has 6 heteroatoms. The molecule has 2 amide bonds. The number of halogens is 1. The quantitative estimate of drug-likeness (QED) is 0.805. The Balaban J connectivity index is 1.44. The molecule has 0 bridgehead atoms. The summed E-state index contributed by atoms with van der Waals surface area (Å²) in [7, 11) is 0. The molecule has 0 atom stereocenters. The number of piperazine rings is 1. The van der Waals surface area contributed by atoms with Gasteiger partial charge in [0.05, 0.1) is 0 Å². The summed E-state index contributed by atoms with van der Waals surface area (Å²) in [5.41, 5.74) is 3.24. The molecule has 5 nitrogen and oxygen atoms in total. The van der Waals surface area contributed by atoms with Crippen LogP contribution in [0.4, 0.5) is 5.69 Å². The van der Waals surface area contributed by atoms with Gasteiger partial charge in [0.2, 0.25) is 11.8 Å². The Morgan fingerprint density at radius 1 is 1.04 bits per heavy atom. The summed E-state index contributed by atoms with van der Waals surface area (Å²) in [6.07, 6.45) is -0.108. The first-order valence-corrected chi connectivity index (χ1v) is 9.49. The first-order chi connectivity index (χ1) is 13.0. The molecule has 0 aromatic heterocycles. The molecule has 0 aliphatic carbocycles. The van der Waals surface area contributed by atoms with Crippen molar-refractivity contribution >= 4 is 29.1 Å². The molecule has 1 aliphatic rings. The van der Waals surface area contributed by atoms with Crippen LogP contribution in [0.2, 0.25) is 5.02 Å². The van der Waals surface area contributed by atoms with Crippen LogP contribution in [0.1, 0.15) is 17.5 Å². The van der Waals surface area contributed by atoms with Gasteiger partial charge in [0.1, 0.15) is 6.42 Å². The molecule has 0 spiro atoms. The van der Waals surface area contributed by atoms with E-state index in [-0.39, 0.29) is 18.2 Å². The van der Waals surface area contributed by atoms with Crippen molar-refractivity contribution < 1.29 is 9.59 Å². The van der Waals surface area contributed by atoms with Crippen molar-refractivity contribution in [1.82, 2.24) is 10.2 Å². The zero-order valence-electron chi connectivity index (χ0n) is 15.5.